The summed E-state index contributed by atoms with van der Waals surface area (Å²) in [6, 6.07) is 1.05. The molecule has 0 aromatic heterocycles. The second-order valence-corrected chi connectivity index (χ2v) is 7.51. The van der Waals surface area contributed by atoms with Crippen LogP contribution in [0.1, 0.15) is 60.8 Å². The van der Waals surface area contributed by atoms with Crippen LogP contribution in [0, 0.1) is 10.8 Å². The van der Waals surface area contributed by atoms with Crippen molar-refractivity contribution >= 4 is 0 Å². The fourth-order valence-corrected chi connectivity index (χ4v) is 3.68. The lowest BCUT2D eigenvalue weighted by atomic mass is 9.63. The molecule has 1 aliphatic carbocycles. The minimum absolute atomic E-state index is 0.281. The number of methoxy groups -OCH3 is 1. The fraction of sp³-hybridized carbons (Fsp3) is 1.00. The van der Waals surface area contributed by atoms with Crippen LogP contribution in [0.2, 0.25) is 0 Å². The van der Waals surface area contributed by atoms with Gasteiger partial charge in [0.1, 0.15) is 0 Å². The molecule has 0 amide bonds. The van der Waals surface area contributed by atoms with Crippen LogP contribution in [0.25, 0.3) is 0 Å². The van der Waals surface area contributed by atoms with Crippen molar-refractivity contribution in [3.63, 3.8) is 0 Å². The molecule has 1 saturated carbocycles. The zero-order chi connectivity index (χ0) is 13.3. The van der Waals surface area contributed by atoms with E-state index in [0.717, 1.165) is 0 Å². The van der Waals surface area contributed by atoms with Crippen molar-refractivity contribution < 1.29 is 4.74 Å². The van der Waals surface area contributed by atoms with Gasteiger partial charge in [0.15, 0.2) is 0 Å². The molecule has 0 spiro atoms. The Bertz CT molecular complexity index is 231. The van der Waals surface area contributed by atoms with Gasteiger partial charge in [0.25, 0.3) is 0 Å². The van der Waals surface area contributed by atoms with Crippen molar-refractivity contribution in [3.8, 4) is 0 Å². The minimum atomic E-state index is 0.281. The van der Waals surface area contributed by atoms with Crippen molar-refractivity contribution in [1.82, 2.24) is 5.32 Å². The monoisotopic (exact) mass is 241 g/mol. The summed E-state index contributed by atoms with van der Waals surface area (Å²) in [6.07, 6.45) is 4.16. The first-order valence-electron chi connectivity index (χ1n) is 6.94. The van der Waals surface area contributed by atoms with E-state index in [1.165, 1.54) is 19.3 Å². The molecule has 1 aliphatic rings. The summed E-state index contributed by atoms with van der Waals surface area (Å²) in [7, 11) is 1.79. The van der Waals surface area contributed by atoms with Gasteiger partial charge in [-0.3, -0.25) is 0 Å². The standard InChI is InChI=1S/C15H31NO/c1-11(12(2)17-7)16-13-8-14(3,4)10-15(5,6)9-13/h11-13,16H,8-10H2,1-7H3. The van der Waals surface area contributed by atoms with Crippen LogP contribution >= 0.6 is 0 Å². The molecule has 0 radical (unpaired) electrons. The smallest absolute Gasteiger partial charge is 0.0693 e. The maximum absolute atomic E-state index is 5.39. The second kappa shape index (κ2) is 5.27. The van der Waals surface area contributed by atoms with Gasteiger partial charge in [-0.15, -0.1) is 0 Å². The Morgan fingerprint density at radius 2 is 1.53 bits per heavy atom. The van der Waals surface area contributed by atoms with Gasteiger partial charge >= 0.3 is 0 Å². The third kappa shape index (κ3) is 4.59. The molecule has 102 valence electrons. The van der Waals surface area contributed by atoms with Crippen molar-refractivity contribution in [2.45, 2.75) is 79.0 Å². The lowest BCUT2D eigenvalue weighted by Gasteiger charge is -2.46. The van der Waals surface area contributed by atoms with E-state index in [-0.39, 0.29) is 6.10 Å². The molecule has 0 aliphatic heterocycles. The van der Waals surface area contributed by atoms with Crippen molar-refractivity contribution in [3.05, 3.63) is 0 Å². The average molecular weight is 241 g/mol. The highest BCUT2D eigenvalue weighted by atomic mass is 16.5. The van der Waals surface area contributed by atoms with E-state index in [1.807, 2.05) is 0 Å². The van der Waals surface area contributed by atoms with Gasteiger partial charge in [-0.05, 0) is 43.9 Å². The van der Waals surface area contributed by atoms with Gasteiger partial charge in [-0.1, -0.05) is 27.7 Å². The third-order valence-electron chi connectivity index (χ3n) is 4.13. The van der Waals surface area contributed by atoms with E-state index in [2.05, 4.69) is 46.9 Å². The molecule has 1 N–H and O–H groups in total. The van der Waals surface area contributed by atoms with E-state index in [0.29, 0.717) is 22.9 Å². The molecule has 1 fully saturated rings. The molecule has 2 heteroatoms. The Morgan fingerprint density at radius 1 is 1.06 bits per heavy atom. The van der Waals surface area contributed by atoms with Gasteiger partial charge in [-0.25, -0.2) is 0 Å². The quantitative estimate of drug-likeness (QED) is 0.812. The largest absolute Gasteiger partial charge is 0.380 e. The van der Waals surface area contributed by atoms with Gasteiger partial charge in [0.2, 0.25) is 0 Å². The van der Waals surface area contributed by atoms with E-state index >= 15 is 0 Å². The summed E-state index contributed by atoms with van der Waals surface area (Å²) in [4.78, 5) is 0. The molecule has 0 aromatic carbocycles. The van der Waals surface area contributed by atoms with Crippen LogP contribution in [0.3, 0.4) is 0 Å². The van der Waals surface area contributed by atoms with Gasteiger partial charge in [0.05, 0.1) is 6.10 Å². The molecule has 2 nitrogen and oxygen atoms in total. The number of nitrogens with one attached hydrogen (secondary N) is 1. The number of ether oxygens (including phenoxy) is 1. The van der Waals surface area contributed by atoms with Gasteiger partial charge < -0.3 is 10.1 Å². The second-order valence-electron chi connectivity index (χ2n) is 7.51. The molecule has 0 saturated heterocycles. The zero-order valence-corrected chi connectivity index (χ0v) is 12.8. The number of hydrogen-bond acceptors (Lipinski definition) is 2. The van der Waals surface area contributed by atoms with E-state index in [1.54, 1.807) is 7.11 Å². The van der Waals surface area contributed by atoms with Crippen LogP contribution < -0.4 is 5.32 Å². The maximum Gasteiger partial charge on any atom is 0.0693 e. The Kier molecular flexibility index (Phi) is 4.65. The summed E-state index contributed by atoms with van der Waals surface area (Å²) in [5, 5.41) is 3.76. The van der Waals surface area contributed by atoms with Crippen molar-refractivity contribution in [1.29, 1.82) is 0 Å². The normalized spacial score (nSPS) is 27.7. The maximum atomic E-state index is 5.39. The first-order chi connectivity index (χ1) is 7.65. The van der Waals surface area contributed by atoms with Gasteiger partial charge in [0, 0.05) is 19.2 Å². The molecule has 0 aromatic rings. The Labute approximate surface area is 108 Å². The van der Waals surface area contributed by atoms with Crippen LogP contribution in [0.4, 0.5) is 0 Å². The molecule has 0 bridgehead atoms. The highest BCUT2D eigenvalue weighted by Crippen LogP contribution is 2.45. The Morgan fingerprint density at radius 3 is 1.94 bits per heavy atom. The topological polar surface area (TPSA) is 21.3 Å². The molecule has 2 atom stereocenters. The molecule has 2 unspecified atom stereocenters. The van der Waals surface area contributed by atoms with E-state index in [9.17, 15) is 0 Å². The fourth-order valence-electron chi connectivity index (χ4n) is 3.68. The Hall–Kier alpha value is -0.0800. The highest BCUT2D eigenvalue weighted by Gasteiger charge is 2.38. The Balaban J connectivity index is 2.59. The summed E-state index contributed by atoms with van der Waals surface area (Å²) in [5.41, 5.74) is 0.908. The third-order valence-corrected chi connectivity index (χ3v) is 4.13. The average Bonchev–Trinajstić information content (AvgIpc) is 2.11. The van der Waals surface area contributed by atoms with Gasteiger partial charge in [-0.2, -0.15) is 0 Å². The summed E-state index contributed by atoms with van der Waals surface area (Å²) in [6.45, 7) is 13.9. The van der Waals surface area contributed by atoms with Crippen LogP contribution in [-0.4, -0.2) is 25.3 Å². The molecular weight excluding hydrogens is 210 g/mol. The lowest BCUT2D eigenvalue weighted by Crippen LogP contribution is -2.49. The predicted molar refractivity (Wildman–Crippen MR) is 74.3 cm³/mol. The SMILES string of the molecule is COC(C)C(C)NC1CC(C)(C)CC(C)(C)C1. The van der Waals surface area contributed by atoms with Crippen LogP contribution in [0.5, 0.6) is 0 Å². The first kappa shape index (κ1) is 15.0. The van der Waals surface area contributed by atoms with Crippen LogP contribution in [-0.2, 0) is 4.74 Å². The van der Waals surface area contributed by atoms with E-state index in [4.69, 9.17) is 4.74 Å². The first-order valence-corrected chi connectivity index (χ1v) is 6.94. The molecule has 1 rings (SSSR count). The summed E-state index contributed by atoms with van der Waals surface area (Å²) < 4.78 is 5.39. The molecular formula is C15H31NO. The summed E-state index contributed by atoms with van der Waals surface area (Å²) >= 11 is 0. The molecule has 0 heterocycles. The predicted octanol–water partition coefficient (Wildman–Crippen LogP) is 3.60. The number of hydrogen-bond donors (Lipinski definition) is 1. The van der Waals surface area contributed by atoms with Crippen molar-refractivity contribution in [2.75, 3.05) is 7.11 Å². The lowest BCUT2D eigenvalue weighted by molar-refractivity contribution is 0.0505. The zero-order valence-electron chi connectivity index (χ0n) is 12.8. The van der Waals surface area contributed by atoms with Crippen LogP contribution in [0.15, 0.2) is 0 Å². The minimum Gasteiger partial charge on any atom is -0.380 e. The summed E-state index contributed by atoms with van der Waals surface area (Å²) in [5.74, 6) is 0. The van der Waals surface area contributed by atoms with Crippen molar-refractivity contribution in [2.24, 2.45) is 10.8 Å². The van der Waals surface area contributed by atoms with E-state index < -0.39 is 0 Å². The molecule has 17 heavy (non-hydrogen) atoms. The highest BCUT2D eigenvalue weighted by molar-refractivity contribution is 4.93. The number of rotatable bonds is 4.